The molecule has 0 aliphatic rings. The first-order chi connectivity index (χ1) is 7.24. The lowest BCUT2D eigenvalue weighted by Gasteiger charge is -2.04. The van der Waals surface area contributed by atoms with Gasteiger partial charge < -0.3 is 4.42 Å². The van der Waals surface area contributed by atoms with E-state index >= 15 is 0 Å². The minimum absolute atomic E-state index is 0.258. The molecule has 2 rings (SSSR count). The molecule has 2 nitrogen and oxygen atoms in total. The summed E-state index contributed by atoms with van der Waals surface area (Å²) < 4.78 is 5.22. The Morgan fingerprint density at radius 2 is 2.13 bits per heavy atom. The second-order valence-electron chi connectivity index (χ2n) is 3.48. The molecular weight excluding hydrogens is 188 g/mol. The fraction of sp³-hybridized carbons (Fsp3) is 0.154. The van der Waals surface area contributed by atoms with Gasteiger partial charge in [-0.3, -0.25) is 0 Å². The van der Waals surface area contributed by atoms with Crippen molar-refractivity contribution in [3.05, 3.63) is 58.5 Å². The molecule has 0 N–H and O–H groups in total. The van der Waals surface area contributed by atoms with Gasteiger partial charge in [-0.25, -0.2) is 4.79 Å². The third-order valence-corrected chi connectivity index (χ3v) is 2.54. The van der Waals surface area contributed by atoms with E-state index in [-0.39, 0.29) is 5.63 Å². The molecule has 2 heteroatoms. The van der Waals surface area contributed by atoms with Gasteiger partial charge in [-0.1, -0.05) is 24.3 Å². The van der Waals surface area contributed by atoms with Crippen LogP contribution in [0.5, 0.6) is 0 Å². The summed E-state index contributed by atoms with van der Waals surface area (Å²) in [6, 6.07) is 7.56. The summed E-state index contributed by atoms with van der Waals surface area (Å²) in [7, 11) is 0. The third kappa shape index (κ3) is 1.59. The van der Waals surface area contributed by atoms with Gasteiger partial charge in [0, 0.05) is 10.9 Å². The van der Waals surface area contributed by atoms with Gasteiger partial charge in [-0.05, 0) is 25.0 Å². The molecule has 0 radical (unpaired) electrons. The van der Waals surface area contributed by atoms with Gasteiger partial charge in [0.15, 0.2) is 0 Å². The smallest absolute Gasteiger partial charge is 0.340 e. The molecule has 0 saturated heterocycles. The van der Waals surface area contributed by atoms with Crippen LogP contribution in [0.3, 0.4) is 0 Å². The van der Waals surface area contributed by atoms with Crippen molar-refractivity contribution in [2.75, 3.05) is 0 Å². The van der Waals surface area contributed by atoms with Crippen LogP contribution in [0.2, 0.25) is 0 Å². The maximum absolute atomic E-state index is 11.6. The predicted molar refractivity (Wildman–Crippen MR) is 61.1 cm³/mol. The molecule has 15 heavy (non-hydrogen) atoms. The number of aryl methyl sites for hydroxylation is 1. The van der Waals surface area contributed by atoms with Gasteiger partial charge in [-0.15, -0.1) is 6.58 Å². The number of benzene rings is 1. The minimum atomic E-state index is -0.258. The van der Waals surface area contributed by atoms with Crippen LogP contribution in [0.15, 0.2) is 46.1 Å². The molecule has 1 aromatic carbocycles. The van der Waals surface area contributed by atoms with Crippen molar-refractivity contribution >= 4 is 11.0 Å². The summed E-state index contributed by atoms with van der Waals surface area (Å²) >= 11 is 0. The summed E-state index contributed by atoms with van der Waals surface area (Å²) in [5, 5.41) is 0.994. The van der Waals surface area contributed by atoms with Gasteiger partial charge in [0.25, 0.3) is 0 Å². The molecule has 1 aromatic heterocycles. The summed E-state index contributed by atoms with van der Waals surface area (Å²) in [5.74, 6) is 0. The standard InChI is InChI=1S/C13H12O2/c1-3-6-11-9(2)10-7-4-5-8-12(10)15-13(11)14/h3-5,7-8H,1,6H2,2H3. The molecular formula is C13H12O2. The highest BCUT2D eigenvalue weighted by atomic mass is 16.4. The lowest BCUT2D eigenvalue weighted by atomic mass is 10.0. The normalized spacial score (nSPS) is 10.5. The van der Waals surface area contributed by atoms with Crippen molar-refractivity contribution in [2.24, 2.45) is 0 Å². The van der Waals surface area contributed by atoms with Crippen LogP contribution in [0.4, 0.5) is 0 Å². The molecule has 0 bridgehead atoms. The Morgan fingerprint density at radius 3 is 2.87 bits per heavy atom. The number of hydrogen-bond acceptors (Lipinski definition) is 2. The summed E-state index contributed by atoms with van der Waals surface area (Å²) in [4.78, 5) is 11.6. The molecule has 0 aliphatic carbocycles. The number of rotatable bonds is 2. The summed E-state index contributed by atoms with van der Waals surface area (Å²) in [6.07, 6.45) is 2.27. The summed E-state index contributed by atoms with van der Waals surface area (Å²) in [6.45, 7) is 5.58. The zero-order valence-corrected chi connectivity index (χ0v) is 8.62. The van der Waals surface area contributed by atoms with Crippen LogP contribution < -0.4 is 5.63 Å². The highest BCUT2D eigenvalue weighted by Gasteiger charge is 2.08. The first kappa shape index (κ1) is 9.71. The Kier molecular flexibility index (Phi) is 2.42. The Labute approximate surface area is 87.8 Å². The van der Waals surface area contributed by atoms with Crippen molar-refractivity contribution in [1.82, 2.24) is 0 Å². The van der Waals surface area contributed by atoms with E-state index in [0.717, 1.165) is 10.9 Å². The van der Waals surface area contributed by atoms with Crippen LogP contribution >= 0.6 is 0 Å². The molecule has 0 amide bonds. The Morgan fingerprint density at radius 1 is 1.40 bits per heavy atom. The maximum atomic E-state index is 11.6. The molecule has 0 aliphatic heterocycles. The topological polar surface area (TPSA) is 30.2 Å². The molecule has 0 atom stereocenters. The molecule has 2 aromatic rings. The van der Waals surface area contributed by atoms with Crippen LogP contribution in [0, 0.1) is 6.92 Å². The average Bonchev–Trinajstić information content (AvgIpc) is 2.24. The van der Waals surface area contributed by atoms with Crippen LogP contribution in [0.1, 0.15) is 11.1 Å². The molecule has 0 fully saturated rings. The second kappa shape index (κ2) is 3.73. The highest BCUT2D eigenvalue weighted by molar-refractivity contribution is 5.80. The van der Waals surface area contributed by atoms with Crippen molar-refractivity contribution < 1.29 is 4.42 Å². The van der Waals surface area contributed by atoms with E-state index in [1.807, 2.05) is 25.1 Å². The second-order valence-corrected chi connectivity index (χ2v) is 3.48. The molecule has 76 valence electrons. The number of para-hydroxylation sites is 1. The van der Waals surface area contributed by atoms with Gasteiger partial charge in [0.2, 0.25) is 0 Å². The monoisotopic (exact) mass is 200 g/mol. The molecule has 0 unspecified atom stereocenters. The van der Waals surface area contributed by atoms with E-state index in [9.17, 15) is 4.79 Å². The SMILES string of the molecule is C=CCc1c(C)c2ccccc2oc1=O. The van der Waals surface area contributed by atoms with Gasteiger partial charge in [-0.2, -0.15) is 0 Å². The number of allylic oxidation sites excluding steroid dienone is 1. The largest absolute Gasteiger partial charge is 0.423 e. The fourth-order valence-electron chi connectivity index (χ4n) is 1.72. The first-order valence-electron chi connectivity index (χ1n) is 4.86. The van der Waals surface area contributed by atoms with E-state index < -0.39 is 0 Å². The quantitative estimate of drug-likeness (QED) is 0.551. The maximum Gasteiger partial charge on any atom is 0.340 e. The van der Waals surface area contributed by atoms with E-state index in [0.29, 0.717) is 17.6 Å². The molecule has 1 heterocycles. The lowest BCUT2D eigenvalue weighted by molar-refractivity contribution is 0.551. The fourth-order valence-corrected chi connectivity index (χ4v) is 1.72. The predicted octanol–water partition coefficient (Wildman–Crippen LogP) is 2.83. The van der Waals surface area contributed by atoms with Crippen molar-refractivity contribution in [3.63, 3.8) is 0 Å². The number of hydrogen-bond donors (Lipinski definition) is 0. The highest BCUT2D eigenvalue weighted by Crippen LogP contribution is 2.18. The number of fused-ring (bicyclic) bond motifs is 1. The zero-order chi connectivity index (χ0) is 10.8. The van der Waals surface area contributed by atoms with Crippen molar-refractivity contribution in [1.29, 1.82) is 0 Å². The molecule has 0 spiro atoms. The Bertz CT molecular complexity index is 564. The van der Waals surface area contributed by atoms with E-state index in [1.54, 1.807) is 12.1 Å². The van der Waals surface area contributed by atoms with Crippen LogP contribution in [-0.2, 0) is 6.42 Å². The third-order valence-electron chi connectivity index (χ3n) is 2.54. The van der Waals surface area contributed by atoms with Crippen molar-refractivity contribution in [3.8, 4) is 0 Å². The van der Waals surface area contributed by atoms with E-state index in [4.69, 9.17) is 4.42 Å². The lowest BCUT2D eigenvalue weighted by Crippen LogP contribution is -2.09. The van der Waals surface area contributed by atoms with Gasteiger partial charge >= 0.3 is 5.63 Å². The molecule has 0 saturated carbocycles. The van der Waals surface area contributed by atoms with Gasteiger partial charge in [0.1, 0.15) is 5.58 Å². The van der Waals surface area contributed by atoms with Crippen LogP contribution in [0.25, 0.3) is 11.0 Å². The van der Waals surface area contributed by atoms with Gasteiger partial charge in [0.05, 0.1) is 0 Å². The van der Waals surface area contributed by atoms with Crippen molar-refractivity contribution in [2.45, 2.75) is 13.3 Å². The zero-order valence-electron chi connectivity index (χ0n) is 8.62. The first-order valence-corrected chi connectivity index (χ1v) is 4.86. The Balaban J connectivity index is 2.83. The van der Waals surface area contributed by atoms with E-state index in [2.05, 4.69) is 6.58 Å². The summed E-state index contributed by atoms with van der Waals surface area (Å²) in [5.41, 5.74) is 2.07. The Hall–Kier alpha value is -1.83. The minimum Gasteiger partial charge on any atom is -0.423 e. The van der Waals surface area contributed by atoms with E-state index in [1.165, 1.54) is 0 Å². The van der Waals surface area contributed by atoms with Crippen LogP contribution in [-0.4, -0.2) is 0 Å². The average molecular weight is 200 g/mol.